The van der Waals surface area contributed by atoms with E-state index in [2.05, 4.69) is 36.4 Å². The molecular weight excluding hydrogens is 600 g/mol. The molecule has 0 heterocycles. The minimum absolute atomic E-state index is 0.208. The predicted molar refractivity (Wildman–Crippen MR) is 189 cm³/mol. The molecule has 0 aliphatic rings. The molecule has 6 heteroatoms. The first kappa shape index (κ1) is 34.9. The highest BCUT2D eigenvalue weighted by atomic mass is 16.5. The molecule has 5 aromatic carbocycles. The summed E-state index contributed by atoms with van der Waals surface area (Å²) in [6.07, 6.45) is 0.946. The Morgan fingerprint density at radius 3 is 1.60 bits per heavy atom. The Morgan fingerprint density at radius 2 is 1.06 bits per heavy atom. The molecule has 0 saturated heterocycles. The molecule has 1 N–H and O–H groups in total. The van der Waals surface area contributed by atoms with Gasteiger partial charge in [0.15, 0.2) is 0 Å². The molecule has 0 bridgehead atoms. The summed E-state index contributed by atoms with van der Waals surface area (Å²) in [5.74, 6) is 0.940. The highest BCUT2D eigenvalue weighted by Crippen LogP contribution is 2.28. The molecule has 6 nitrogen and oxygen atoms in total. The summed E-state index contributed by atoms with van der Waals surface area (Å²) in [6, 6.07) is 45.9. The standard InChI is InChI=1S/C42H46O6/c1-44-39(32-45-28-33-14-6-2-7-15-33)27-42(48-31-36-20-12-5-13-21-36)41(47-30-35-18-10-4-11-19-35)25-22-37-26-38(23-24-40(37)43)46-29-34-16-8-3-9-17-34/h2-21,23-24,26,39,41-43H,22,25,27-32H2,1H3. The van der Waals surface area contributed by atoms with Crippen LogP contribution in [0.3, 0.4) is 0 Å². The van der Waals surface area contributed by atoms with Crippen LogP contribution in [0.1, 0.15) is 40.7 Å². The van der Waals surface area contributed by atoms with E-state index in [-0.39, 0.29) is 24.1 Å². The lowest BCUT2D eigenvalue weighted by Crippen LogP contribution is -2.37. The fourth-order valence-electron chi connectivity index (χ4n) is 5.52. The zero-order valence-electron chi connectivity index (χ0n) is 27.7. The number of hydrogen-bond donors (Lipinski definition) is 1. The van der Waals surface area contributed by atoms with Crippen LogP contribution in [0.4, 0.5) is 0 Å². The molecule has 0 amide bonds. The second kappa shape index (κ2) is 19.4. The topological polar surface area (TPSA) is 66.4 Å². The van der Waals surface area contributed by atoms with Crippen molar-refractivity contribution in [2.24, 2.45) is 0 Å². The van der Waals surface area contributed by atoms with Crippen molar-refractivity contribution >= 4 is 0 Å². The first-order valence-electron chi connectivity index (χ1n) is 16.6. The lowest BCUT2D eigenvalue weighted by molar-refractivity contribution is -0.114. The molecule has 5 aromatic rings. The smallest absolute Gasteiger partial charge is 0.120 e. The van der Waals surface area contributed by atoms with Crippen LogP contribution in [0.2, 0.25) is 0 Å². The van der Waals surface area contributed by atoms with Crippen molar-refractivity contribution in [3.8, 4) is 11.5 Å². The third-order valence-electron chi connectivity index (χ3n) is 8.27. The number of methoxy groups -OCH3 is 1. The lowest BCUT2D eigenvalue weighted by Gasteiger charge is -2.30. The number of aromatic hydroxyl groups is 1. The van der Waals surface area contributed by atoms with Gasteiger partial charge in [-0.25, -0.2) is 0 Å². The maximum Gasteiger partial charge on any atom is 0.120 e. The highest BCUT2D eigenvalue weighted by molar-refractivity contribution is 5.39. The maximum absolute atomic E-state index is 10.8. The van der Waals surface area contributed by atoms with Crippen molar-refractivity contribution in [1.82, 2.24) is 0 Å². The Bertz CT molecular complexity index is 1580. The second-order valence-electron chi connectivity index (χ2n) is 11.9. The van der Waals surface area contributed by atoms with Gasteiger partial charge in [-0.05, 0) is 58.9 Å². The third-order valence-corrected chi connectivity index (χ3v) is 8.27. The fourth-order valence-corrected chi connectivity index (χ4v) is 5.52. The summed E-state index contributed by atoms with van der Waals surface area (Å²) in [7, 11) is 1.71. The molecule has 3 unspecified atom stereocenters. The Hall–Kier alpha value is -4.46. The van der Waals surface area contributed by atoms with E-state index >= 15 is 0 Å². The molecule has 48 heavy (non-hydrogen) atoms. The molecule has 0 fully saturated rings. The van der Waals surface area contributed by atoms with Gasteiger partial charge in [0.1, 0.15) is 18.1 Å². The number of phenols is 1. The first-order chi connectivity index (χ1) is 23.7. The van der Waals surface area contributed by atoms with E-state index in [1.54, 1.807) is 19.2 Å². The third kappa shape index (κ3) is 11.7. The zero-order valence-corrected chi connectivity index (χ0v) is 27.7. The largest absolute Gasteiger partial charge is 0.508 e. The van der Waals surface area contributed by atoms with Crippen LogP contribution in [-0.2, 0) is 51.8 Å². The van der Waals surface area contributed by atoms with Crippen molar-refractivity contribution in [3.63, 3.8) is 0 Å². The zero-order chi connectivity index (χ0) is 33.2. The van der Waals surface area contributed by atoms with Crippen molar-refractivity contribution < 1.29 is 28.8 Å². The van der Waals surface area contributed by atoms with Gasteiger partial charge in [-0.2, -0.15) is 0 Å². The van der Waals surface area contributed by atoms with E-state index in [1.165, 1.54) is 0 Å². The van der Waals surface area contributed by atoms with Crippen LogP contribution in [0.5, 0.6) is 11.5 Å². The van der Waals surface area contributed by atoms with E-state index < -0.39 is 0 Å². The highest BCUT2D eigenvalue weighted by Gasteiger charge is 2.28. The van der Waals surface area contributed by atoms with Crippen LogP contribution >= 0.6 is 0 Å². The predicted octanol–water partition coefficient (Wildman–Crippen LogP) is 8.70. The van der Waals surface area contributed by atoms with E-state index in [1.807, 2.05) is 91.0 Å². The van der Waals surface area contributed by atoms with Gasteiger partial charge in [0, 0.05) is 13.5 Å². The molecule has 0 aromatic heterocycles. The normalized spacial score (nSPS) is 13.1. The van der Waals surface area contributed by atoms with Gasteiger partial charge in [-0.15, -0.1) is 0 Å². The summed E-state index contributed by atoms with van der Waals surface area (Å²) in [5, 5.41) is 10.8. The number of hydrogen-bond acceptors (Lipinski definition) is 6. The van der Waals surface area contributed by atoms with Crippen LogP contribution in [-0.4, -0.2) is 37.1 Å². The van der Waals surface area contributed by atoms with E-state index in [0.29, 0.717) is 58.0 Å². The minimum Gasteiger partial charge on any atom is -0.508 e. The first-order valence-corrected chi connectivity index (χ1v) is 16.6. The lowest BCUT2D eigenvalue weighted by atomic mass is 9.98. The van der Waals surface area contributed by atoms with Crippen molar-refractivity contribution in [2.45, 2.75) is 64.0 Å². The molecule has 0 saturated carbocycles. The molecule has 0 aliphatic carbocycles. The second-order valence-corrected chi connectivity index (χ2v) is 11.9. The Labute approximate surface area is 284 Å². The number of rotatable bonds is 20. The molecule has 250 valence electrons. The van der Waals surface area contributed by atoms with E-state index in [9.17, 15) is 5.11 Å². The van der Waals surface area contributed by atoms with E-state index in [0.717, 1.165) is 27.8 Å². The van der Waals surface area contributed by atoms with Crippen molar-refractivity contribution in [2.75, 3.05) is 13.7 Å². The Kier molecular flexibility index (Phi) is 14.1. The Balaban J connectivity index is 1.31. The summed E-state index contributed by atoms with van der Waals surface area (Å²) >= 11 is 0. The maximum atomic E-state index is 10.8. The van der Waals surface area contributed by atoms with Gasteiger partial charge in [-0.1, -0.05) is 121 Å². The van der Waals surface area contributed by atoms with Gasteiger partial charge < -0.3 is 28.8 Å². The Morgan fingerprint density at radius 1 is 0.562 bits per heavy atom. The molecule has 3 atom stereocenters. The van der Waals surface area contributed by atoms with Crippen LogP contribution in [0.25, 0.3) is 0 Å². The fraction of sp³-hybridized carbons (Fsp3) is 0.286. The number of aryl methyl sites for hydroxylation is 1. The molecule has 0 spiro atoms. The van der Waals surface area contributed by atoms with Gasteiger partial charge in [-0.3, -0.25) is 0 Å². The summed E-state index contributed by atoms with van der Waals surface area (Å²) < 4.78 is 31.4. The summed E-state index contributed by atoms with van der Waals surface area (Å²) in [4.78, 5) is 0. The molecule has 0 aliphatic heterocycles. The van der Waals surface area contributed by atoms with E-state index in [4.69, 9.17) is 23.7 Å². The average molecular weight is 647 g/mol. The number of ether oxygens (including phenoxy) is 5. The quantitative estimate of drug-likeness (QED) is 0.0913. The monoisotopic (exact) mass is 646 g/mol. The van der Waals surface area contributed by atoms with Crippen LogP contribution < -0.4 is 4.74 Å². The van der Waals surface area contributed by atoms with Crippen molar-refractivity contribution in [1.29, 1.82) is 0 Å². The minimum atomic E-state index is -0.307. The average Bonchev–Trinajstić information content (AvgIpc) is 3.14. The van der Waals surface area contributed by atoms with Crippen molar-refractivity contribution in [3.05, 3.63) is 167 Å². The summed E-state index contributed by atoms with van der Waals surface area (Å²) in [5.41, 5.74) is 5.16. The molecule has 0 radical (unpaired) electrons. The van der Waals surface area contributed by atoms with Gasteiger partial charge in [0.05, 0.1) is 44.7 Å². The summed E-state index contributed by atoms with van der Waals surface area (Å²) in [6.45, 7) is 2.25. The SMILES string of the molecule is COC(COCc1ccccc1)CC(OCc1ccccc1)C(CCc1cc(OCc2ccccc2)ccc1O)OCc1ccccc1. The number of benzene rings is 5. The van der Waals surface area contributed by atoms with Gasteiger partial charge in [0.25, 0.3) is 0 Å². The van der Waals surface area contributed by atoms with Crippen LogP contribution in [0.15, 0.2) is 140 Å². The molecule has 5 rings (SSSR count). The van der Waals surface area contributed by atoms with Gasteiger partial charge >= 0.3 is 0 Å². The number of phenolic OH excluding ortho intramolecular Hbond substituents is 1. The van der Waals surface area contributed by atoms with Gasteiger partial charge in [0.2, 0.25) is 0 Å². The molecular formula is C42H46O6. The van der Waals surface area contributed by atoms with Crippen LogP contribution in [0, 0.1) is 0 Å².